The van der Waals surface area contributed by atoms with E-state index in [4.69, 9.17) is 0 Å². The summed E-state index contributed by atoms with van der Waals surface area (Å²) in [6.45, 7) is 6.22. The molecule has 1 heterocycles. The highest BCUT2D eigenvalue weighted by Gasteiger charge is 2.19. The maximum absolute atomic E-state index is 12.7. The summed E-state index contributed by atoms with van der Waals surface area (Å²) in [5, 5.41) is 3.67. The fourth-order valence-electron chi connectivity index (χ4n) is 2.61. The fraction of sp³-hybridized carbons (Fsp3) is 0.250. The molecule has 1 atom stereocenters. The van der Waals surface area contributed by atoms with Crippen LogP contribution in [0.2, 0.25) is 0 Å². The van der Waals surface area contributed by atoms with E-state index in [1.54, 1.807) is 10.6 Å². The van der Waals surface area contributed by atoms with Gasteiger partial charge in [-0.2, -0.15) is 0 Å². The number of hydrogen-bond acceptors (Lipinski definition) is 4. The van der Waals surface area contributed by atoms with Crippen LogP contribution >= 0.6 is 11.8 Å². The number of anilines is 1. The minimum absolute atomic E-state index is 0.0771. The van der Waals surface area contributed by atoms with Gasteiger partial charge in [-0.1, -0.05) is 41.6 Å². The van der Waals surface area contributed by atoms with Crippen molar-refractivity contribution >= 4 is 34.3 Å². The summed E-state index contributed by atoms with van der Waals surface area (Å²) in [4.78, 5) is 29.8. The molecule has 0 radical (unpaired) electrons. The van der Waals surface area contributed by atoms with E-state index in [-0.39, 0.29) is 16.7 Å². The number of carbonyl (C=O) groups excluding carboxylic acids is 1. The van der Waals surface area contributed by atoms with E-state index >= 15 is 0 Å². The van der Waals surface area contributed by atoms with Crippen LogP contribution in [-0.4, -0.2) is 20.7 Å². The fourth-order valence-corrected chi connectivity index (χ4v) is 3.58. The van der Waals surface area contributed by atoms with Crippen molar-refractivity contribution in [3.8, 4) is 0 Å². The van der Waals surface area contributed by atoms with Gasteiger partial charge in [0.1, 0.15) is 0 Å². The molecule has 2 aromatic carbocycles. The van der Waals surface area contributed by atoms with Crippen LogP contribution < -0.4 is 10.9 Å². The first-order valence-corrected chi connectivity index (χ1v) is 9.41. The van der Waals surface area contributed by atoms with Crippen molar-refractivity contribution in [1.29, 1.82) is 0 Å². The maximum atomic E-state index is 12.7. The summed E-state index contributed by atoms with van der Waals surface area (Å²) in [6, 6.07) is 14.9. The highest BCUT2D eigenvalue weighted by atomic mass is 32.2. The zero-order valence-electron chi connectivity index (χ0n) is 15.0. The van der Waals surface area contributed by atoms with E-state index in [2.05, 4.69) is 10.3 Å². The zero-order chi connectivity index (χ0) is 18.7. The van der Waals surface area contributed by atoms with Crippen LogP contribution in [0.25, 0.3) is 10.9 Å². The Labute approximate surface area is 156 Å². The number of carbonyl (C=O) groups is 1. The third-order valence-electron chi connectivity index (χ3n) is 4.11. The number of thioether (sulfide) groups is 1. The third kappa shape index (κ3) is 3.80. The van der Waals surface area contributed by atoms with Gasteiger partial charge >= 0.3 is 0 Å². The minimum Gasteiger partial charge on any atom is -0.325 e. The summed E-state index contributed by atoms with van der Waals surface area (Å²) in [5.74, 6) is -0.121. The van der Waals surface area contributed by atoms with Gasteiger partial charge < -0.3 is 5.32 Å². The number of para-hydroxylation sites is 1. The predicted octanol–water partition coefficient (Wildman–Crippen LogP) is 3.84. The number of hydrogen-bond donors (Lipinski definition) is 1. The molecule has 1 unspecified atom stereocenters. The minimum atomic E-state index is -0.387. The molecule has 1 N–H and O–H groups in total. The van der Waals surface area contributed by atoms with Gasteiger partial charge in [0.15, 0.2) is 5.16 Å². The Hall–Kier alpha value is -2.60. The Balaban J connectivity index is 1.84. The first kappa shape index (κ1) is 18.2. The third-order valence-corrected chi connectivity index (χ3v) is 5.20. The van der Waals surface area contributed by atoms with Gasteiger partial charge in [-0.05, 0) is 45.0 Å². The van der Waals surface area contributed by atoms with Crippen molar-refractivity contribution in [2.45, 2.75) is 37.7 Å². The van der Waals surface area contributed by atoms with E-state index in [1.807, 2.05) is 63.2 Å². The van der Waals surface area contributed by atoms with Gasteiger partial charge in [-0.15, -0.1) is 0 Å². The van der Waals surface area contributed by atoms with Crippen molar-refractivity contribution in [2.75, 3.05) is 5.32 Å². The molecule has 0 spiro atoms. The first-order valence-electron chi connectivity index (χ1n) is 8.53. The number of aromatic nitrogens is 2. The maximum Gasteiger partial charge on any atom is 0.262 e. The molecule has 3 rings (SSSR count). The Kier molecular flexibility index (Phi) is 5.42. The molecule has 0 aliphatic carbocycles. The van der Waals surface area contributed by atoms with Crippen LogP contribution in [0.3, 0.4) is 0 Å². The lowest BCUT2D eigenvalue weighted by Gasteiger charge is -2.15. The number of nitrogens with one attached hydrogen (secondary N) is 1. The van der Waals surface area contributed by atoms with Crippen molar-refractivity contribution in [2.24, 2.45) is 0 Å². The largest absolute Gasteiger partial charge is 0.325 e. The predicted molar refractivity (Wildman–Crippen MR) is 107 cm³/mol. The molecule has 1 aromatic heterocycles. The van der Waals surface area contributed by atoms with Gasteiger partial charge in [-0.3, -0.25) is 14.2 Å². The number of benzene rings is 2. The van der Waals surface area contributed by atoms with Crippen molar-refractivity contribution in [3.05, 3.63) is 64.4 Å². The normalized spacial score (nSPS) is 12.1. The summed E-state index contributed by atoms with van der Waals surface area (Å²) >= 11 is 1.29. The Morgan fingerprint density at radius 2 is 1.88 bits per heavy atom. The molecule has 134 valence electrons. The van der Waals surface area contributed by atoms with Crippen LogP contribution in [-0.2, 0) is 11.3 Å². The second kappa shape index (κ2) is 7.74. The van der Waals surface area contributed by atoms with Crippen LogP contribution in [0.1, 0.15) is 19.4 Å². The molecule has 0 bridgehead atoms. The Morgan fingerprint density at radius 1 is 1.19 bits per heavy atom. The number of rotatable bonds is 5. The molecule has 0 fully saturated rings. The second-order valence-corrected chi connectivity index (χ2v) is 7.38. The Morgan fingerprint density at radius 3 is 2.58 bits per heavy atom. The lowest BCUT2D eigenvalue weighted by Crippen LogP contribution is -2.26. The van der Waals surface area contributed by atoms with E-state index < -0.39 is 0 Å². The van der Waals surface area contributed by atoms with Gasteiger partial charge in [0.05, 0.1) is 16.2 Å². The topological polar surface area (TPSA) is 64.0 Å². The van der Waals surface area contributed by atoms with Crippen LogP contribution in [0.15, 0.2) is 58.5 Å². The summed E-state index contributed by atoms with van der Waals surface area (Å²) in [7, 11) is 0. The van der Waals surface area contributed by atoms with E-state index in [0.717, 1.165) is 11.3 Å². The van der Waals surface area contributed by atoms with Crippen LogP contribution in [0.4, 0.5) is 5.69 Å². The number of amides is 1. The first-order chi connectivity index (χ1) is 12.5. The van der Waals surface area contributed by atoms with Crippen LogP contribution in [0.5, 0.6) is 0 Å². The van der Waals surface area contributed by atoms with Crippen molar-refractivity contribution in [3.63, 3.8) is 0 Å². The van der Waals surface area contributed by atoms with Gasteiger partial charge in [0.25, 0.3) is 5.56 Å². The molecule has 3 aromatic rings. The molecule has 0 aliphatic heterocycles. The summed E-state index contributed by atoms with van der Waals surface area (Å²) in [5.41, 5.74) is 2.47. The smallest absolute Gasteiger partial charge is 0.262 e. The lowest BCUT2D eigenvalue weighted by atomic mass is 10.2. The summed E-state index contributed by atoms with van der Waals surface area (Å²) in [6.07, 6.45) is 0. The zero-order valence-corrected chi connectivity index (χ0v) is 15.8. The van der Waals surface area contributed by atoms with Gasteiger partial charge in [0, 0.05) is 12.2 Å². The number of fused-ring (bicyclic) bond motifs is 1. The highest BCUT2D eigenvalue weighted by Crippen LogP contribution is 2.23. The average Bonchev–Trinajstić information content (AvgIpc) is 2.64. The molecule has 26 heavy (non-hydrogen) atoms. The Bertz CT molecular complexity index is 996. The van der Waals surface area contributed by atoms with E-state index in [1.165, 1.54) is 11.8 Å². The van der Waals surface area contributed by atoms with Crippen LogP contribution in [0, 0.1) is 6.92 Å². The molecular weight excluding hydrogens is 346 g/mol. The molecule has 1 amide bonds. The monoisotopic (exact) mass is 367 g/mol. The molecule has 5 nitrogen and oxygen atoms in total. The molecule has 0 saturated carbocycles. The summed E-state index contributed by atoms with van der Waals surface area (Å²) < 4.78 is 1.61. The van der Waals surface area contributed by atoms with Gasteiger partial charge in [0.2, 0.25) is 5.91 Å². The lowest BCUT2D eigenvalue weighted by molar-refractivity contribution is -0.115. The standard InChI is InChI=1S/C20H21N3O2S/c1-4-23-19(25)16-7-5-6-8-17(16)22-20(23)26-14(3)18(24)21-15-11-9-13(2)10-12-15/h5-12,14H,4H2,1-3H3,(H,21,24). The van der Waals surface area contributed by atoms with Crippen molar-refractivity contribution in [1.82, 2.24) is 9.55 Å². The molecular formula is C20H21N3O2S. The van der Waals surface area contributed by atoms with Crippen molar-refractivity contribution < 1.29 is 4.79 Å². The molecule has 0 saturated heterocycles. The van der Waals surface area contributed by atoms with E-state index in [9.17, 15) is 9.59 Å². The highest BCUT2D eigenvalue weighted by molar-refractivity contribution is 8.00. The van der Waals surface area contributed by atoms with Gasteiger partial charge in [-0.25, -0.2) is 4.98 Å². The second-order valence-electron chi connectivity index (χ2n) is 6.08. The molecule has 6 heteroatoms. The SMILES string of the molecule is CCn1c(SC(C)C(=O)Nc2ccc(C)cc2)nc2ccccc2c1=O. The number of aryl methyl sites for hydroxylation is 1. The van der Waals surface area contributed by atoms with E-state index in [0.29, 0.717) is 22.6 Å². The quantitative estimate of drug-likeness (QED) is 0.550. The number of nitrogens with zero attached hydrogens (tertiary/aromatic N) is 2. The average molecular weight is 367 g/mol. The molecule has 0 aliphatic rings.